The standard InChI is InChI=1S/C14H19NO4/c1-11(2)13(16)18-9-6-10-19-14(17)15-12-7-4-3-5-8-12/h3-5,7-8,11H,6,9-10H2,1-2H3,(H,15,17). The molecule has 5 heteroatoms. The van der Waals surface area contributed by atoms with Crippen LogP contribution >= 0.6 is 0 Å². The molecule has 104 valence electrons. The van der Waals surface area contributed by atoms with Crippen LogP contribution in [0.2, 0.25) is 0 Å². The number of para-hydroxylation sites is 1. The number of hydrogen-bond donors (Lipinski definition) is 1. The molecule has 0 radical (unpaired) electrons. The zero-order valence-corrected chi connectivity index (χ0v) is 11.2. The Morgan fingerprint density at radius 1 is 1.11 bits per heavy atom. The average Bonchev–Trinajstić information content (AvgIpc) is 2.39. The van der Waals surface area contributed by atoms with Crippen molar-refractivity contribution in [2.75, 3.05) is 18.5 Å². The van der Waals surface area contributed by atoms with Crippen molar-refractivity contribution in [2.45, 2.75) is 20.3 Å². The van der Waals surface area contributed by atoms with E-state index in [0.717, 1.165) is 0 Å². The van der Waals surface area contributed by atoms with E-state index in [1.807, 2.05) is 18.2 Å². The van der Waals surface area contributed by atoms with Gasteiger partial charge in [0.1, 0.15) is 0 Å². The fraction of sp³-hybridized carbons (Fsp3) is 0.429. The minimum Gasteiger partial charge on any atom is -0.465 e. The predicted octanol–water partition coefficient (Wildman–Crippen LogP) is 2.82. The summed E-state index contributed by atoms with van der Waals surface area (Å²) in [6.45, 7) is 4.01. The number of anilines is 1. The molecular formula is C14H19NO4. The third-order valence-corrected chi connectivity index (χ3v) is 2.26. The predicted molar refractivity (Wildman–Crippen MR) is 71.8 cm³/mol. The third kappa shape index (κ3) is 6.45. The van der Waals surface area contributed by atoms with E-state index < -0.39 is 6.09 Å². The summed E-state index contributed by atoms with van der Waals surface area (Å²) in [7, 11) is 0. The van der Waals surface area contributed by atoms with Crippen molar-refractivity contribution in [1.29, 1.82) is 0 Å². The van der Waals surface area contributed by atoms with Gasteiger partial charge < -0.3 is 9.47 Å². The van der Waals surface area contributed by atoms with Crippen LogP contribution in [0, 0.1) is 5.92 Å². The van der Waals surface area contributed by atoms with Gasteiger partial charge in [-0.2, -0.15) is 0 Å². The van der Waals surface area contributed by atoms with Crippen LogP contribution in [-0.2, 0) is 14.3 Å². The van der Waals surface area contributed by atoms with Crippen LogP contribution in [0.3, 0.4) is 0 Å². The van der Waals surface area contributed by atoms with Gasteiger partial charge in [0.25, 0.3) is 0 Å². The number of esters is 1. The van der Waals surface area contributed by atoms with Crippen LogP contribution in [0.5, 0.6) is 0 Å². The number of amides is 1. The van der Waals surface area contributed by atoms with E-state index in [4.69, 9.17) is 9.47 Å². The van der Waals surface area contributed by atoms with Crippen molar-refractivity contribution < 1.29 is 19.1 Å². The van der Waals surface area contributed by atoms with Crippen LogP contribution < -0.4 is 5.32 Å². The van der Waals surface area contributed by atoms with Gasteiger partial charge in [0.15, 0.2) is 0 Å². The number of rotatable bonds is 6. The number of carbonyl (C=O) groups excluding carboxylic acids is 2. The molecule has 0 saturated heterocycles. The van der Waals surface area contributed by atoms with Crippen LogP contribution in [0.25, 0.3) is 0 Å². The van der Waals surface area contributed by atoms with Crippen LogP contribution in [0.4, 0.5) is 10.5 Å². The van der Waals surface area contributed by atoms with Crippen LogP contribution in [0.15, 0.2) is 30.3 Å². The van der Waals surface area contributed by atoms with Gasteiger partial charge in [0, 0.05) is 12.1 Å². The summed E-state index contributed by atoms with van der Waals surface area (Å²) >= 11 is 0. The van der Waals surface area contributed by atoms with E-state index in [2.05, 4.69) is 5.32 Å². The Balaban J connectivity index is 2.10. The third-order valence-electron chi connectivity index (χ3n) is 2.26. The molecule has 0 atom stereocenters. The number of ether oxygens (including phenoxy) is 2. The number of hydrogen-bond acceptors (Lipinski definition) is 4. The first-order valence-corrected chi connectivity index (χ1v) is 6.25. The highest BCUT2D eigenvalue weighted by Gasteiger charge is 2.08. The summed E-state index contributed by atoms with van der Waals surface area (Å²) in [4.78, 5) is 22.5. The summed E-state index contributed by atoms with van der Waals surface area (Å²) in [6, 6.07) is 9.04. The lowest BCUT2D eigenvalue weighted by Crippen LogP contribution is -2.17. The highest BCUT2D eigenvalue weighted by Crippen LogP contribution is 2.05. The van der Waals surface area contributed by atoms with E-state index in [1.165, 1.54) is 0 Å². The molecule has 1 rings (SSSR count). The second-order valence-electron chi connectivity index (χ2n) is 4.30. The molecule has 1 amide bonds. The Labute approximate surface area is 112 Å². The molecule has 1 aromatic rings. The lowest BCUT2D eigenvalue weighted by Gasteiger charge is -2.08. The SMILES string of the molecule is CC(C)C(=O)OCCCOC(=O)Nc1ccccc1. The molecule has 5 nitrogen and oxygen atoms in total. The van der Waals surface area contributed by atoms with E-state index in [0.29, 0.717) is 12.1 Å². The average molecular weight is 265 g/mol. The zero-order valence-electron chi connectivity index (χ0n) is 11.2. The van der Waals surface area contributed by atoms with E-state index in [9.17, 15) is 9.59 Å². The monoisotopic (exact) mass is 265 g/mol. The summed E-state index contributed by atoms with van der Waals surface area (Å²) in [5.74, 6) is -0.379. The molecule has 19 heavy (non-hydrogen) atoms. The topological polar surface area (TPSA) is 64.6 Å². The van der Waals surface area contributed by atoms with Gasteiger partial charge in [-0.15, -0.1) is 0 Å². The largest absolute Gasteiger partial charge is 0.465 e. The van der Waals surface area contributed by atoms with Gasteiger partial charge in [0.05, 0.1) is 19.1 Å². The Morgan fingerprint density at radius 2 is 1.74 bits per heavy atom. The second kappa shape index (κ2) is 8.13. The summed E-state index contributed by atoms with van der Waals surface area (Å²) in [5.41, 5.74) is 0.679. The Kier molecular flexibility index (Phi) is 6.43. The maximum atomic E-state index is 11.4. The molecule has 0 aromatic heterocycles. The van der Waals surface area contributed by atoms with Crippen LogP contribution in [0.1, 0.15) is 20.3 Å². The molecular weight excluding hydrogens is 246 g/mol. The second-order valence-corrected chi connectivity index (χ2v) is 4.30. The molecule has 0 aliphatic heterocycles. The first-order chi connectivity index (χ1) is 9.09. The summed E-state index contributed by atoms with van der Waals surface area (Å²) < 4.78 is 9.90. The highest BCUT2D eigenvalue weighted by molar-refractivity contribution is 5.84. The smallest absolute Gasteiger partial charge is 0.411 e. The van der Waals surface area contributed by atoms with Gasteiger partial charge in [-0.05, 0) is 12.1 Å². The summed E-state index contributed by atoms with van der Waals surface area (Å²) in [6.07, 6.45) is -0.0258. The molecule has 1 N–H and O–H groups in total. The van der Waals surface area contributed by atoms with E-state index in [1.54, 1.807) is 26.0 Å². The van der Waals surface area contributed by atoms with Gasteiger partial charge in [-0.1, -0.05) is 32.0 Å². The van der Waals surface area contributed by atoms with Gasteiger partial charge in [0.2, 0.25) is 0 Å². The molecule has 1 aromatic carbocycles. The van der Waals surface area contributed by atoms with E-state index >= 15 is 0 Å². The van der Waals surface area contributed by atoms with E-state index in [-0.39, 0.29) is 25.1 Å². The molecule has 0 spiro atoms. The van der Waals surface area contributed by atoms with Crippen molar-refractivity contribution in [1.82, 2.24) is 0 Å². The lowest BCUT2D eigenvalue weighted by atomic mass is 10.2. The minimum absolute atomic E-state index is 0.137. The molecule has 0 aliphatic carbocycles. The van der Waals surface area contributed by atoms with Crippen molar-refractivity contribution in [2.24, 2.45) is 5.92 Å². The van der Waals surface area contributed by atoms with Gasteiger partial charge >= 0.3 is 12.1 Å². The minimum atomic E-state index is -0.513. The Bertz CT molecular complexity index is 403. The molecule has 0 bridgehead atoms. The first kappa shape index (κ1) is 15.0. The van der Waals surface area contributed by atoms with Crippen molar-refractivity contribution in [3.05, 3.63) is 30.3 Å². The normalized spacial score (nSPS) is 10.1. The zero-order chi connectivity index (χ0) is 14.1. The molecule has 0 saturated carbocycles. The quantitative estimate of drug-likeness (QED) is 0.634. The highest BCUT2D eigenvalue weighted by atomic mass is 16.6. The molecule has 0 unspecified atom stereocenters. The van der Waals surface area contributed by atoms with Crippen molar-refractivity contribution in [3.8, 4) is 0 Å². The van der Waals surface area contributed by atoms with Gasteiger partial charge in [-0.25, -0.2) is 4.79 Å². The molecule has 0 aliphatic rings. The maximum absolute atomic E-state index is 11.4. The number of benzene rings is 1. The summed E-state index contributed by atoms with van der Waals surface area (Å²) in [5, 5.41) is 2.59. The van der Waals surface area contributed by atoms with Crippen molar-refractivity contribution >= 4 is 17.7 Å². The molecule has 0 heterocycles. The fourth-order valence-corrected chi connectivity index (χ4v) is 1.24. The Hall–Kier alpha value is -2.04. The lowest BCUT2D eigenvalue weighted by molar-refractivity contribution is -0.147. The number of carbonyl (C=O) groups is 2. The van der Waals surface area contributed by atoms with Crippen LogP contribution in [-0.4, -0.2) is 25.3 Å². The molecule has 0 fully saturated rings. The number of nitrogens with one attached hydrogen (secondary N) is 1. The fourth-order valence-electron chi connectivity index (χ4n) is 1.24. The van der Waals surface area contributed by atoms with Crippen molar-refractivity contribution in [3.63, 3.8) is 0 Å². The first-order valence-electron chi connectivity index (χ1n) is 6.25. The maximum Gasteiger partial charge on any atom is 0.411 e. The Morgan fingerprint density at radius 3 is 2.37 bits per heavy atom. The van der Waals surface area contributed by atoms with Gasteiger partial charge in [-0.3, -0.25) is 10.1 Å².